The second kappa shape index (κ2) is 6.04. The number of thioether (sulfide) groups is 1. The summed E-state index contributed by atoms with van der Waals surface area (Å²) in [4.78, 5) is 37.6. The minimum absolute atomic E-state index is 0.0660. The fraction of sp³-hybridized carbons (Fsp3) is 0.609. The van der Waals surface area contributed by atoms with E-state index < -0.39 is 0 Å². The van der Waals surface area contributed by atoms with Crippen molar-refractivity contribution < 1.29 is 14.4 Å². The molecular formula is C23H28O3S. The lowest BCUT2D eigenvalue weighted by Gasteiger charge is -2.58. The van der Waals surface area contributed by atoms with E-state index in [9.17, 15) is 14.4 Å². The van der Waals surface area contributed by atoms with E-state index in [1.807, 2.05) is 0 Å². The van der Waals surface area contributed by atoms with Crippen molar-refractivity contribution in [2.45, 2.75) is 53.4 Å². The number of hydrogen-bond donors (Lipinski definition) is 0. The smallest absolute Gasteiger partial charge is 0.192 e. The Bertz CT molecular complexity index is 835. The highest BCUT2D eigenvalue weighted by Crippen LogP contribution is 2.66. The number of hydrogen-bond acceptors (Lipinski definition) is 4. The van der Waals surface area contributed by atoms with E-state index in [4.69, 9.17) is 0 Å². The van der Waals surface area contributed by atoms with E-state index in [0.717, 1.165) is 42.2 Å². The summed E-state index contributed by atoms with van der Waals surface area (Å²) < 4.78 is 0. The van der Waals surface area contributed by atoms with Gasteiger partial charge >= 0.3 is 0 Å². The summed E-state index contributed by atoms with van der Waals surface area (Å²) in [5, 5.41) is -0.0660. The maximum absolute atomic E-state index is 12.6. The molecule has 3 nitrogen and oxygen atoms in total. The monoisotopic (exact) mass is 384 g/mol. The van der Waals surface area contributed by atoms with Crippen molar-refractivity contribution in [1.82, 2.24) is 0 Å². The molecule has 0 heterocycles. The van der Waals surface area contributed by atoms with Gasteiger partial charge in [-0.2, -0.15) is 0 Å². The van der Waals surface area contributed by atoms with E-state index in [-0.39, 0.29) is 27.6 Å². The number of fused-ring (bicyclic) bond motifs is 5. The third-order valence-corrected chi connectivity index (χ3v) is 8.97. The molecule has 0 radical (unpaired) electrons. The summed E-state index contributed by atoms with van der Waals surface area (Å²) in [5.74, 6) is 1.74. The summed E-state index contributed by atoms with van der Waals surface area (Å²) in [6.45, 7) is 12.5. The average molecular weight is 385 g/mol. The van der Waals surface area contributed by atoms with Gasteiger partial charge in [-0.25, -0.2) is 0 Å². The second-order valence-electron chi connectivity index (χ2n) is 9.30. The van der Waals surface area contributed by atoms with Crippen LogP contribution >= 0.6 is 11.8 Å². The van der Waals surface area contributed by atoms with Gasteiger partial charge < -0.3 is 0 Å². The molecule has 144 valence electrons. The van der Waals surface area contributed by atoms with E-state index in [1.54, 1.807) is 6.08 Å². The lowest BCUT2D eigenvalue weighted by Crippen LogP contribution is -2.53. The molecule has 0 aliphatic heterocycles. The molecule has 3 fully saturated rings. The molecule has 6 atom stereocenters. The van der Waals surface area contributed by atoms with Crippen LogP contribution in [0.1, 0.15) is 53.4 Å². The van der Waals surface area contributed by atoms with E-state index in [0.29, 0.717) is 34.9 Å². The Morgan fingerprint density at radius 1 is 1.22 bits per heavy atom. The largest absolute Gasteiger partial charge is 0.299 e. The molecule has 0 N–H and O–H groups in total. The summed E-state index contributed by atoms with van der Waals surface area (Å²) in [6.07, 6.45) is 7.30. The van der Waals surface area contributed by atoms with Gasteiger partial charge in [0.1, 0.15) is 5.78 Å². The molecule has 0 aromatic heterocycles. The Morgan fingerprint density at radius 3 is 2.59 bits per heavy atom. The van der Waals surface area contributed by atoms with Gasteiger partial charge in [-0.3, -0.25) is 14.4 Å². The molecule has 0 aromatic carbocycles. The van der Waals surface area contributed by atoms with Gasteiger partial charge in [-0.1, -0.05) is 33.4 Å². The zero-order valence-electron chi connectivity index (χ0n) is 16.6. The maximum Gasteiger partial charge on any atom is 0.192 e. The molecule has 0 aromatic rings. The van der Waals surface area contributed by atoms with Crippen molar-refractivity contribution in [2.24, 2.45) is 34.5 Å². The Labute approximate surface area is 165 Å². The summed E-state index contributed by atoms with van der Waals surface area (Å²) >= 11 is 1.06. The van der Waals surface area contributed by atoms with Crippen LogP contribution in [0.5, 0.6) is 0 Å². The van der Waals surface area contributed by atoms with E-state index >= 15 is 0 Å². The highest BCUT2D eigenvalue weighted by atomic mass is 32.2. The molecule has 27 heavy (non-hydrogen) atoms. The maximum atomic E-state index is 12.6. The zero-order valence-corrected chi connectivity index (χ0v) is 17.4. The lowest BCUT2D eigenvalue weighted by atomic mass is 9.45. The third-order valence-electron chi connectivity index (χ3n) is 8.08. The van der Waals surface area contributed by atoms with Gasteiger partial charge in [0.25, 0.3) is 0 Å². The van der Waals surface area contributed by atoms with Gasteiger partial charge in [0.05, 0.1) is 4.91 Å². The third kappa shape index (κ3) is 2.45. The van der Waals surface area contributed by atoms with Crippen molar-refractivity contribution in [3.63, 3.8) is 0 Å². The first-order valence-electron chi connectivity index (χ1n) is 10.0. The molecule has 4 aliphatic rings. The van der Waals surface area contributed by atoms with Gasteiger partial charge in [0.2, 0.25) is 0 Å². The van der Waals surface area contributed by atoms with Gasteiger partial charge in [-0.05, 0) is 71.9 Å². The normalized spacial score (nSPS) is 43.5. The van der Waals surface area contributed by atoms with Crippen LogP contribution in [0.25, 0.3) is 0 Å². The average Bonchev–Trinajstić information content (AvgIpc) is 2.90. The highest BCUT2D eigenvalue weighted by molar-refractivity contribution is 8.17. The van der Waals surface area contributed by atoms with Crippen LogP contribution in [0, 0.1) is 34.5 Å². The standard InChI is InChI=1S/C23H28O3S/c1-12-13(2)20-21(27-14(3)24)17(25)9-11-23(20,5)16-8-10-22(4)15(19(12)16)6-7-18(22)26/h9,11-12,15-16,19H,2,6-8,10H2,1,3-5H3/t12-,15+,16+,19+,22+,23-/m1/s1. The number of carbonyl (C=O) groups is 3. The van der Waals surface area contributed by atoms with Crippen LogP contribution in [0.15, 0.2) is 34.8 Å². The van der Waals surface area contributed by atoms with Crippen molar-refractivity contribution in [2.75, 3.05) is 0 Å². The quantitative estimate of drug-likeness (QED) is 0.646. The van der Waals surface area contributed by atoms with Gasteiger partial charge in [0, 0.05) is 24.2 Å². The molecule has 3 saturated carbocycles. The Morgan fingerprint density at radius 2 is 1.93 bits per heavy atom. The predicted octanol–water partition coefficient (Wildman–Crippen LogP) is 4.88. The topological polar surface area (TPSA) is 51.2 Å². The molecule has 4 aliphatic carbocycles. The minimum Gasteiger partial charge on any atom is -0.299 e. The molecule has 0 bridgehead atoms. The predicted molar refractivity (Wildman–Crippen MR) is 108 cm³/mol. The van der Waals surface area contributed by atoms with Crippen molar-refractivity contribution in [1.29, 1.82) is 0 Å². The number of rotatable bonds is 1. The molecule has 4 rings (SSSR count). The molecular weight excluding hydrogens is 356 g/mol. The number of allylic oxidation sites excluding steroid dienone is 5. The summed E-state index contributed by atoms with van der Waals surface area (Å²) in [5.41, 5.74) is 1.49. The van der Waals surface area contributed by atoms with Gasteiger partial charge in [0.15, 0.2) is 10.9 Å². The molecule has 0 unspecified atom stereocenters. The Hall–Kier alpha value is -1.42. The van der Waals surface area contributed by atoms with Crippen LogP contribution in [0.4, 0.5) is 0 Å². The summed E-state index contributed by atoms with van der Waals surface area (Å²) in [6, 6.07) is 0. The van der Waals surface area contributed by atoms with Crippen LogP contribution in [-0.4, -0.2) is 16.7 Å². The fourth-order valence-corrected chi connectivity index (χ4v) is 7.55. The molecule has 0 saturated heterocycles. The zero-order chi connectivity index (χ0) is 19.7. The van der Waals surface area contributed by atoms with Crippen LogP contribution in [-0.2, 0) is 14.4 Å². The van der Waals surface area contributed by atoms with Crippen LogP contribution in [0.3, 0.4) is 0 Å². The number of ketones is 2. The first-order chi connectivity index (χ1) is 12.6. The van der Waals surface area contributed by atoms with Crippen molar-refractivity contribution >= 4 is 28.4 Å². The fourth-order valence-electron chi connectivity index (χ4n) is 6.65. The highest BCUT2D eigenvalue weighted by Gasteiger charge is 2.61. The molecule has 4 heteroatoms. The number of carbonyl (C=O) groups excluding carboxylic acids is 3. The SMILES string of the molecule is C=C1C2=C(SC(C)=O)C(=O)C=C[C@]2(C)[C@H]2CC[C@]3(C)C(=O)CC[C@H]3[C@@H]2[C@@H]1C. The van der Waals surface area contributed by atoms with Crippen LogP contribution < -0.4 is 0 Å². The van der Waals surface area contributed by atoms with E-state index in [2.05, 4.69) is 33.4 Å². The van der Waals surface area contributed by atoms with Crippen molar-refractivity contribution in [3.05, 3.63) is 34.8 Å². The Balaban J connectivity index is 1.85. The lowest BCUT2D eigenvalue weighted by molar-refractivity contribution is -0.132. The van der Waals surface area contributed by atoms with Crippen LogP contribution in [0.2, 0.25) is 0 Å². The van der Waals surface area contributed by atoms with Gasteiger partial charge in [-0.15, -0.1) is 0 Å². The first-order valence-corrected chi connectivity index (χ1v) is 10.8. The van der Waals surface area contributed by atoms with E-state index in [1.165, 1.54) is 6.92 Å². The molecule has 0 spiro atoms. The molecule has 0 amide bonds. The Kier molecular flexibility index (Phi) is 4.23. The second-order valence-corrected chi connectivity index (χ2v) is 10.5. The van der Waals surface area contributed by atoms with Crippen molar-refractivity contribution in [3.8, 4) is 0 Å². The first kappa shape index (κ1) is 18.9. The number of Topliss-reactive ketones (excluding diaryl/α,β-unsaturated/α-hetero) is 1. The summed E-state index contributed by atoms with van der Waals surface area (Å²) in [7, 11) is 0. The minimum atomic E-state index is -0.285.